The molecular formula is C21H20N4O3S. The number of carboxylic acids is 1. The summed E-state index contributed by atoms with van der Waals surface area (Å²) in [4.78, 5) is 28.0. The fourth-order valence-electron chi connectivity index (χ4n) is 2.58. The lowest BCUT2D eigenvalue weighted by Crippen LogP contribution is -2.25. The van der Waals surface area contributed by atoms with Crippen LogP contribution in [-0.4, -0.2) is 37.4 Å². The molecule has 148 valence electrons. The highest BCUT2D eigenvalue weighted by Gasteiger charge is 2.20. The van der Waals surface area contributed by atoms with Gasteiger partial charge in [0.2, 0.25) is 11.1 Å². The van der Waals surface area contributed by atoms with Crippen LogP contribution in [0, 0.1) is 6.92 Å². The van der Waals surface area contributed by atoms with E-state index in [2.05, 4.69) is 20.5 Å². The van der Waals surface area contributed by atoms with E-state index >= 15 is 0 Å². The average molecular weight is 408 g/mol. The largest absolute Gasteiger partial charge is 0.478 e. The smallest absolute Gasteiger partial charge is 0.335 e. The Morgan fingerprint density at radius 1 is 1.14 bits per heavy atom. The van der Waals surface area contributed by atoms with Crippen LogP contribution in [0.4, 0.5) is 5.69 Å². The summed E-state index contributed by atoms with van der Waals surface area (Å²) >= 11 is 1.22. The van der Waals surface area contributed by atoms with Crippen LogP contribution in [0.15, 0.2) is 59.9 Å². The van der Waals surface area contributed by atoms with Crippen molar-refractivity contribution in [1.29, 1.82) is 0 Å². The molecule has 1 heterocycles. The number of amides is 1. The van der Waals surface area contributed by atoms with Gasteiger partial charge in [0, 0.05) is 11.3 Å². The van der Waals surface area contributed by atoms with Gasteiger partial charge >= 0.3 is 5.97 Å². The summed E-state index contributed by atoms with van der Waals surface area (Å²) in [5.74, 6) is -1.29. The lowest BCUT2D eigenvalue weighted by molar-refractivity contribution is -0.115. The molecule has 3 rings (SSSR count). The van der Waals surface area contributed by atoms with E-state index in [0.29, 0.717) is 23.0 Å². The molecule has 0 aliphatic heterocycles. The molecule has 0 aliphatic carbocycles. The number of carbonyl (C=O) groups is 2. The second-order valence-corrected chi connectivity index (χ2v) is 7.55. The van der Waals surface area contributed by atoms with Crippen LogP contribution >= 0.6 is 11.8 Å². The molecule has 0 aliphatic rings. The molecule has 0 radical (unpaired) electrons. The average Bonchev–Trinajstić information content (AvgIpc) is 2.73. The summed E-state index contributed by atoms with van der Waals surface area (Å²) < 4.78 is 0. The van der Waals surface area contributed by atoms with E-state index in [4.69, 9.17) is 5.11 Å². The molecule has 0 saturated carbocycles. The number of aromatic nitrogens is 3. The summed E-state index contributed by atoms with van der Waals surface area (Å²) in [6, 6.07) is 14.0. The quantitative estimate of drug-likeness (QED) is 0.568. The van der Waals surface area contributed by atoms with Crippen molar-refractivity contribution in [2.45, 2.75) is 30.7 Å². The predicted molar refractivity (Wildman–Crippen MR) is 112 cm³/mol. The van der Waals surface area contributed by atoms with Crippen molar-refractivity contribution in [1.82, 2.24) is 15.2 Å². The highest BCUT2D eigenvalue weighted by molar-refractivity contribution is 8.00. The fourth-order valence-corrected chi connectivity index (χ4v) is 3.37. The number of carbonyl (C=O) groups excluding carboxylic acids is 1. The first kappa shape index (κ1) is 20.5. The van der Waals surface area contributed by atoms with Crippen molar-refractivity contribution < 1.29 is 14.7 Å². The number of hydrogen-bond donors (Lipinski definition) is 2. The van der Waals surface area contributed by atoms with E-state index in [1.807, 2.05) is 38.1 Å². The van der Waals surface area contributed by atoms with Crippen molar-refractivity contribution in [2.75, 3.05) is 5.32 Å². The zero-order chi connectivity index (χ0) is 20.8. The molecule has 1 unspecified atom stereocenters. The third-order valence-corrected chi connectivity index (χ3v) is 5.41. The molecule has 8 heteroatoms. The minimum absolute atomic E-state index is 0.114. The fraction of sp³-hybridized carbons (Fsp3) is 0.190. The van der Waals surface area contributed by atoms with Gasteiger partial charge in [0.15, 0.2) is 0 Å². The number of thioether (sulfide) groups is 1. The molecule has 0 fully saturated rings. The van der Waals surface area contributed by atoms with Gasteiger partial charge in [0.1, 0.15) is 5.69 Å². The highest BCUT2D eigenvalue weighted by atomic mass is 32.2. The molecule has 0 saturated heterocycles. The van der Waals surface area contributed by atoms with Crippen LogP contribution in [0.5, 0.6) is 0 Å². The maximum absolute atomic E-state index is 12.6. The number of aromatic carboxylic acids is 1. The van der Waals surface area contributed by atoms with E-state index in [9.17, 15) is 9.59 Å². The summed E-state index contributed by atoms with van der Waals surface area (Å²) in [6.45, 7) is 3.90. The van der Waals surface area contributed by atoms with Gasteiger partial charge in [-0.15, -0.1) is 10.2 Å². The van der Waals surface area contributed by atoms with Gasteiger partial charge in [-0.05, 0) is 31.5 Å². The Morgan fingerprint density at radius 3 is 2.52 bits per heavy atom. The number of rotatable bonds is 7. The SMILES string of the molecule is CCC(Sc1ncc(-c2ccc(C)cc2)nn1)C(=O)Nc1cccc(C(=O)O)c1. The van der Waals surface area contributed by atoms with Crippen LogP contribution in [-0.2, 0) is 4.79 Å². The number of aryl methyl sites for hydroxylation is 1. The lowest BCUT2D eigenvalue weighted by Gasteiger charge is -2.14. The molecule has 2 N–H and O–H groups in total. The van der Waals surface area contributed by atoms with Crippen molar-refractivity contribution in [3.63, 3.8) is 0 Å². The number of anilines is 1. The minimum Gasteiger partial charge on any atom is -0.478 e. The first-order valence-electron chi connectivity index (χ1n) is 9.04. The third-order valence-electron chi connectivity index (χ3n) is 4.18. The van der Waals surface area contributed by atoms with E-state index in [1.54, 1.807) is 18.3 Å². The Balaban J connectivity index is 1.67. The van der Waals surface area contributed by atoms with Gasteiger partial charge in [-0.1, -0.05) is 54.6 Å². The number of benzene rings is 2. The van der Waals surface area contributed by atoms with Crippen molar-refractivity contribution >= 4 is 29.3 Å². The molecule has 0 bridgehead atoms. The minimum atomic E-state index is -1.05. The van der Waals surface area contributed by atoms with Crippen LogP contribution in [0.25, 0.3) is 11.3 Å². The zero-order valence-electron chi connectivity index (χ0n) is 16.0. The summed E-state index contributed by atoms with van der Waals surface area (Å²) in [5, 5.41) is 20.1. The molecule has 0 spiro atoms. The predicted octanol–water partition coefficient (Wildman–Crippen LogP) is 4.05. The summed E-state index contributed by atoms with van der Waals surface area (Å²) in [5.41, 5.74) is 3.30. The highest BCUT2D eigenvalue weighted by Crippen LogP contribution is 2.24. The Labute approximate surface area is 172 Å². The van der Waals surface area contributed by atoms with E-state index in [0.717, 1.165) is 11.1 Å². The molecule has 3 aromatic rings. The van der Waals surface area contributed by atoms with Crippen molar-refractivity contribution in [2.24, 2.45) is 0 Å². The second kappa shape index (κ2) is 9.29. The van der Waals surface area contributed by atoms with Crippen LogP contribution in [0.1, 0.15) is 29.3 Å². The van der Waals surface area contributed by atoms with Gasteiger partial charge < -0.3 is 10.4 Å². The number of carboxylic acid groups (broad SMARTS) is 1. The Kier molecular flexibility index (Phi) is 6.56. The molecule has 29 heavy (non-hydrogen) atoms. The van der Waals surface area contributed by atoms with Gasteiger partial charge in [-0.2, -0.15) is 0 Å². The topological polar surface area (TPSA) is 105 Å². The van der Waals surface area contributed by atoms with Crippen LogP contribution in [0.2, 0.25) is 0 Å². The van der Waals surface area contributed by atoms with Crippen LogP contribution in [0.3, 0.4) is 0 Å². The summed E-state index contributed by atoms with van der Waals surface area (Å²) in [7, 11) is 0. The normalized spacial score (nSPS) is 11.7. The number of nitrogens with zero attached hydrogens (tertiary/aromatic N) is 3. The third kappa shape index (κ3) is 5.39. The molecule has 7 nitrogen and oxygen atoms in total. The van der Waals surface area contributed by atoms with Gasteiger partial charge in [0.25, 0.3) is 0 Å². The first-order valence-corrected chi connectivity index (χ1v) is 9.92. The van der Waals surface area contributed by atoms with E-state index in [1.165, 1.54) is 23.9 Å². The van der Waals surface area contributed by atoms with E-state index in [-0.39, 0.29) is 11.5 Å². The number of nitrogens with one attached hydrogen (secondary N) is 1. The summed E-state index contributed by atoms with van der Waals surface area (Å²) in [6.07, 6.45) is 2.19. The van der Waals surface area contributed by atoms with Crippen molar-refractivity contribution in [3.05, 3.63) is 65.9 Å². The first-order chi connectivity index (χ1) is 14.0. The monoisotopic (exact) mass is 408 g/mol. The maximum Gasteiger partial charge on any atom is 0.335 e. The molecule has 2 aromatic carbocycles. The van der Waals surface area contributed by atoms with Gasteiger partial charge in [-0.3, -0.25) is 4.79 Å². The lowest BCUT2D eigenvalue weighted by atomic mass is 10.1. The van der Waals surface area contributed by atoms with Crippen molar-refractivity contribution in [3.8, 4) is 11.3 Å². The Bertz CT molecular complexity index is 1010. The van der Waals surface area contributed by atoms with Gasteiger partial charge in [0.05, 0.1) is 17.0 Å². The molecule has 1 atom stereocenters. The Hall–Kier alpha value is -3.26. The molecular weight excluding hydrogens is 388 g/mol. The van der Waals surface area contributed by atoms with Gasteiger partial charge in [-0.25, -0.2) is 9.78 Å². The van der Waals surface area contributed by atoms with E-state index < -0.39 is 11.2 Å². The molecule has 1 aromatic heterocycles. The molecule has 1 amide bonds. The second-order valence-electron chi connectivity index (χ2n) is 6.38. The standard InChI is InChI=1S/C21H20N4O3S/c1-3-18(19(26)23-16-6-4-5-15(11-16)20(27)28)29-21-22-12-17(24-25-21)14-9-7-13(2)8-10-14/h4-12,18H,3H2,1-2H3,(H,23,26)(H,27,28). The number of hydrogen-bond acceptors (Lipinski definition) is 6. The maximum atomic E-state index is 12.6. The zero-order valence-corrected chi connectivity index (χ0v) is 16.8. The van der Waals surface area contributed by atoms with Crippen LogP contribution < -0.4 is 5.32 Å². The Morgan fingerprint density at radius 2 is 1.90 bits per heavy atom.